The van der Waals surface area contributed by atoms with Gasteiger partial charge in [0, 0.05) is 28.9 Å². The molecule has 0 radical (unpaired) electrons. The molecule has 2 unspecified atom stereocenters. The molecule has 0 bridgehead atoms. The highest BCUT2D eigenvalue weighted by atomic mass is 32.2. The summed E-state index contributed by atoms with van der Waals surface area (Å²) in [5.74, 6) is 0.338. The Labute approximate surface area is 101 Å². The van der Waals surface area contributed by atoms with Gasteiger partial charge in [0.2, 0.25) is 5.95 Å². The standard InChI is InChI=1S/C9H14N4O3S/c1-7(17(2)16)3-4-10-9-11-5-8(6-12-9)13(14)15/h5-7H,3-4H2,1-2H3,(H,10,11,12). The van der Waals surface area contributed by atoms with Crippen molar-refractivity contribution < 1.29 is 9.13 Å². The van der Waals surface area contributed by atoms with Crippen molar-refractivity contribution in [3.8, 4) is 0 Å². The first-order valence-corrected chi connectivity index (χ1v) is 6.65. The maximum absolute atomic E-state index is 11.1. The van der Waals surface area contributed by atoms with E-state index in [2.05, 4.69) is 15.3 Å². The summed E-state index contributed by atoms with van der Waals surface area (Å²) in [6.07, 6.45) is 4.68. The first-order chi connectivity index (χ1) is 8.00. The van der Waals surface area contributed by atoms with Crippen LogP contribution in [0.1, 0.15) is 13.3 Å². The molecule has 7 nitrogen and oxygen atoms in total. The van der Waals surface area contributed by atoms with Gasteiger partial charge in [-0.15, -0.1) is 0 Å². The zero-order valence-electron chi connectivity index (χ0n) is 9.62. The zero-order chi connectivity index (χ0) is 12.8. The van der Waals surface area contributed by atoms with Crippen molar-refractivity contribution in [2.24, 2.45) is 0 Å². The minimum atomic E-state index is -0.848. The Bertz CT molecular complexity index is 409. The molecule has 1 aromatic heterocycles. The fraction of sp³-hybridized carbons (Fsp3) is 0.556. The second-order valence-electron chi connectivity index (χ2n) is 3.55. The second-order valence-corrected chi connectivity index (χ2v) is 5.35. The van der Waals surface area contributed by atoms with E-state index in [1.54, 1.807) is 6.26 Å². The molecule has 0 saturated carbocycles. The van der Waals surface area contributed by atoms with Crippen LogP contribution in [0.4, 0.5) is 11.6 Å². The number of nitro groups is 1. The van der Waals surface area contributed by atoms with Gasteiger partial charge in [-0.1, -0.05) is 6.92 Å². The summed E-state index contributed by atoms with van der Waals surface area (Å²) in [6.45, 7) is 2.48. The molecule has 0 amide bonds. The number of nitrogens with one attached hydrogen (secondary N) is 1. The number of hydrogen-bond donors (Lipinski definition) is 1. The number of nitrogens with zero attached hydrogens (tertiary/aromatic N) is 3. The van der Waals surface area contributed by atoms with Gasteiger partial charge < -0.3 is 5.32 Å². The summed E-state index contributed by atoms with van der Waals surface area (Å²) in [7, 11) is -0.848. The number of anilines is 1. The monoisotopic (exact) mass is 258 g/mol. The molecular weight excluding hydrogens is 244 g/mol. The van der Waals surface area contributed by atoms with E-state index in [9.17, 15) is 14.3 Å². The molecule has 2 atom stereocenters. The average Bonchev–Trinajstić information content (AvgIpc) is 2.29. The Kier molecular flexibility index (Phi) is 4.95. The quantitative estimate of drug-likeness (QED) is 0.602. The molecule has 17 heavy (non-hydrogen) atoms. The number of hydrogen-bond acceptors (Lipinski definition) is 6. The van der Waals surface area contributed by atoms with Crippen molar-refractivity contribution in [2.45, 2.75) is 18.6 Å². The summed E-state index contributed by atoms with van der Waals surface area (Å²) in [5, 5.41) is 13.4. The smallest absolute Gasteiger partial charge is 0.305 e. The van der Waals surface area contributed by atoms with Crippen LogP contribution in [0, 0.1) is 10.1 Å². The lowest BCUT2D eigenvalue weighted by Gasteiger charge is -2.08. The molecule has 1 rings (SSSR count). The van der Waals surface area contributed by atoms with E-state index in [-0.39, 0.29) is 10.9 Å². The fourth-order valence-corrected chi connectivity index (χ4v) is 1.51. The lowest BCUT2D eigenvalue weighted by molar-refractivity contribution is -0.385. The van der Waals surface area contributed by atoms with Gasteiger partial charge in [0.1, 0.15) is 12.4 Å². The molecule has 1 heterocycles. The van der Waals surface area contributed by atoms with E-state index in [0.717, 1.165) is 18.8 Å². The number of rotatable bonds is 6. The summed E-state index contributed by atoms with van der Waals surface area (Å²) in [5.41, 5.74) is -0.140. The van der Waals surface area contributed by atoms with Crippen LogP contribution in [-0.4, -0.2) is 37.2 Å². The van der Waals surface area contributed by atoms with E-state index in [1.807, 2.05) is 6.92 Å². The van der Waals surface area contributed by atoms with Gasteiger partial charge in [-0.2, -0.15) is 0 Å². The van der Waals surface area contributed by atoms with Crippen molar-refractivity contribution in [3.05, 3.63) is 22.5 Å². The van der Waals surface area contributed by atoms with Crippen molar-refractivity contribution in [1.29, 1.82) is 0 Å². The Morgan fingerprint density at radius 2 is 2.12 bits per heavy atom. The maximum atomic E-state index is 11.1. The highest BCUT2D eigenvalue weighted by molar-refractivity contribution is 7.84. The molecule has 1 N–H and O–H groups in total. The van der Waals surface area contributed by atoms with Gasteiger partial charge in [0.15, 0.2) is 0 Å². The molecule has 0 spiro atoms. The normalized spacial score (nSPS) is 14.0. The highest BCUT2D eigenvalue weighted by Gasteiger charge is 2.08. The van der Waals surface area contributed by atoms with E-state index in [0.29, 0.717) is 12.5 Å². The molecule has 94 valence electrons. The Morgan fingerprint density at radius 3 is 2.59 bits per heavy atom. The molecule has 0 aliphatic heterocycles. The van der Waals surface area contributed by atoms with Crippen molar-refractivity contribution in [1.82, 2.24) is 9.97 Å². The molecule has 0 aliphatic carbocycles. The predicted molar refractivity (Wildman–Crippen MR) is 65.3 cm³/mol. The van der Waals surface area contributed by atoms with Crippen molar-refractivity contribution in [2.75, 3.05) is 18.1 Å². The first-order valence-electron chi connectivity index (χ1n) is 5.03. The molecule has 0 saturated heterocycles. The lowest BCUT2D eigenvalue weighted by atomic mass is 10.3. The number of aromatic nitrogens is 2. The van der Waals surface area contributed by atoms with Crippen LogP contribution >= 0.6 is 0 Å². The van der Waals surface area contributed by atoms with E-state index in [1.165, 1.54) is 0 Å². The fourth-order valence-electron chi connectivity index (χ4n) is 1.06. The van der Waals surface area contributed by atoms with Gasteiger partial charge in [-0.05, 0) is 6.42 Å². The van der Waals surface area contributed by atoms with Crippen molar-refractivity contribution in [3.63, 3.8) is 0 Å². The Morgan fingerprint density at radius 1 is 1.53 bits per heavy atom. The Balaban J connectivity index is 2.42. The molecule has 0 aliphatic rings. The van der Waals surface area contributed by atoms with E-state index < -0.39 is 15.7 Å². The predicted octanol–water partition coefficient (Wildman–Crippen LogP) is 0.954. The van der Waals surface area contributed by atoms with Gasteiger partial charge in [-0.25, -0.2) is 9.97 Å². The van der Waals surface area contributed by atoms with Crippen LogP contribution in [0.2, 0.25) is 0 Å². The van der Waals surface area contributed by atoms with Gasteiger partial charge in [0.25, 0.3) is 0 Å². The van der Waals surface area contributed by atoms with Gasteiger partial charge in [0.05, 0.1) is 4.92 Å². The summed E-state index contributed by atoms with van der Waals surface area (Å²) in [6, 6.07) is 0. The van der Waals surface area contributed by atoms with Crippen LogP contribution in [0.5, 0.6) is 0 Å². The highest BCUT2D eigenvalue weighted by Crippen LogP contribution is 2.08. The van der Waals surface area contributed by atoms with Gasteiger partial charge >= 0.3 is 5.69 Å². The first kappa shape index (κ1) is 13.5. The molecule has 0 fully saturated rings. The van der Waals surface area contributed by atoms with Gasteiger partial charge in [-0.3, -0.25) is 14.3 Å². The molecule has 0 aromatic carbocycles. The second kappa shape index (κ2) is 6.24. The van der Waals surface area contributed by atoms with Crippen LogP contribution in [0.3, 0.4) is 0 Å². The van der Waals surface area contributed by atoms with Crippen LogP contribution in [0.15, 0.2) is 12.4 Å². The summed E-state index contributed by atoms with van der Waals surface area (Å²) < 4.78 is 11.1. The molecule has 8 heteroatoms. The minimum absolute atomic E-state index is 0.0977. The molecule has 1 aromatic rings. The zero-order valence-corrected chi connectivity index (χ0v) is 10.4. The third kappa shape index (κ3) is 4.43. The van der Waals surface area contributed by atoms with Crippen molar-refractivity contribution >= 4 is 22.4 Å². The lowest BCUT2D eigenvalue weighted by Crippen LogP contribution is -2.15. The third-order valence-corrected chi connectivity index (χ3v) is 3.62. The molecular formula is C9H14N4O3S. The third-order valence-electron chi connectivity index (χ3n) is 2.25. The van der Waals surface area contributed by atoms with E-state index >= 15 is 0 Å². The topological polar surface area (TPSA) is 98.0 Å². The average molecular weight is 258 g/mol. The Hall–Kier alpha value is -1.57. The summed E-state index contributed by atoms with van der Waals surface area (Å²) >= 11 is 0. The van der Waals surface area contributed by atoms with Crippen LogP contribution in [-0.2, 0) is 10.8 Å². The van der Waals surface area contributed by atoms with E-state index in [4.69, 9.17) is 0 Å². The minimum Gasteiger partial charge on any atom is -0.354 e. The maximum Gasteiger partial charge on any atom is 0.305 e. The summed E-state index contributed by atoms with van der Waals surface area (Å²) in [4.78, 5) is 17.4. The SMILES string of the molecule is CC(CCNc1ncc([N+](=O)[O-])cn1)S(C)=O. The van der Waals surface area contributed by atoms with Crippen LogP contribution in [0.25, 0.3) is 0 Å². The largest absolute Gasteiger partial charge is 0.354 e. The van der Waals surface area contributed by atoms with Crippen LogP contribution < -0.4 is 5.32 Å².